The number of hydrogen-bond donors (Lipinski definition) is 1. The molecule has 23 heavy (non-hydrogen) atoms. The largest absolute Gasteiger partial charge is 0.264 e. The topological polar surface area (TPSA) is 64.0 Å². The van der Waals surface area contributed by atoms with Gasteiger partial charge in [0.2, 0.25) is 10.0 Å². The summed E-state index contributed by atoms with van der Waals surface area (Å²) in [5.41, 5.74) is 1.94. The first-order valence-corrected chi connectivity index (χ1v) is 9.56. The number of benzene rings is 1. The minimum absolute atomic E-state index is 0.171. The van der Waals surface area contributed by atoms with Crippen molar-refractivity contribution in [3.63, 3.8) is 0 Å². The van der Waals surface area contributed by atoms with Gasteiger partial charge in [-0.05, 0) is 53.1 Å². The molecule has 0 aliphatic heterocycles. The Bertz CT molecular complexity index is 822. The summed E-state index contributed by atoms with van der Waals surface area (Å²) >= 11 is 1.58. The lowest BCUT2D eigenvalue weighted by molar-refractivity contribution is 0.506. The van der Waals surface area contributed by atoms with Crippen molar-refractivity contribution in [2.24, 2.45) is 0 Å². The zero-order chi connectivity index (χ0) is 16.3. The van der Waals surface area contributed by atoms with E-state index in [4.69, 9.17) is 0 Å². The van der Waals surface area contributed by atoms with E-state index in [0.717, 1.165) is 11.1 Å². The summed E-state index contributed by atoms with van der Waals surface area (Å²) in [5, 5.41) is 8.23. The van der Waals surface area contributed by atoms with E-state index in [1.165, 1.54) is 0 Å². The van der Waals surface area contributed by atoms with Gasteiger partial charge >= 0.3 is 0 Å². The van der Waals surface area contributed by atoms with Crippen LogP contribution in [-0.4, -0.2) is 24.7 Å². The molecule has 0 radical (unpaired) electrons. The van der Waals surface area contributed by atoms with Crippen LogP contribution in [0.5, 0.6) is 0 Å². The Morgan fingerprint density at radius 3 is 2.83 bits per heavy atom. The van der Waals surface area contributed by atoms with E-state index in [0.29, 0.717) is 0 Å². The molecule has 0 spiro atoms. The molecule has 0 amide bonds. The molecule has 1 aromatic carbocycles. The third kappa shape index (κ3) is 3.69. The van der Waals surface area contributed by atoms with Crippen molar-refractivity contribution in [3.8, 4) is 0 Å². The first kappa shape index (κ1) is 15.9. The number of aryl methyl sites for hydroxylation is 1. The minimum atomic E-state index is -3.55. The Hall–Kier alpha value is -1.96. The van der Waals surface area contributed by atoms with Crippen molar-refractivity contribution in [2.75, 3.05) is 6.54 Å². The Labute approximate surface area is 139 Å². The second-order valence-electron chi connectivity index (χ2n) is 5.23. The molecule has 7 heteroatoms. The molecule has 0 aliphatic carbocycles. The van der Waals surface area contributed by atoms with Crippen molar-refractivity contribution >= 4 is 21.4 Å². The van der Waals surface area contributed by atoms with Gasteiger partial charge in [0.05, 0.1) is 10.9 Å². The molecule has 3 aromatic rings. The van der Waals surface area contributed by atoms with Gasteiger partial charge < -0.3 is 0 Å². The average molecular weight is 347 g/mol. The van der Waals surface area contributed by atoms with Crippen LogP contribution in [0.2, 0.25) is 0 Å². The van der Waals surface area contributed by atoms with Crippen LogP contribution in [0.25, 0.3) is 0 Å². The van der Waals surface area contributed by atoms with Gasteiger partial charge in [-0.3, -0.25) is 4.68 Å². The molecular formula is C16H17N3O2S2. The smallest absolute Gasteiger partial charge is 0.240 e. The second kappa shape index (κ2) is 6.66. The number of aromatic nitrogens is 2. The molecule has 0 aliphatic rings. The maximum absolute atomic E-state index is 12.5. The highest BCUT2D eigenvalue weighted by molar-refractivity contribution is 7.89. The molecule has 0 saturated heterocycles. The van der Waals surface area contributed by atoms with Gasteiger partial charge in [0.25, 0.3) is 0 Å². The first-order chi connectivity index (χ1) is 11.1. The van der Waals surface area contributed by atoms with Gasteiger partial charge in [-0.1, -0.05) is 12.1 Å². The van der Waals surface area contributed by atoms with Crippen molar-refractivity contribution in [3.05, 3.63) is 70.7 Å². The number of thiophene rings is 1. The lowest BCUT2D eigenvalue weighted by atomic mass is 10.1. The number of rotatable bonds is 6. The van der Waals surface area contributed by atoms with Crippen LogP contribution >= 0.6 is 11.3 Å². The van der Waals surface area contributed by atoms with E-state index < -0.39 is 10.0 Å². The summed E-state index contributed by atoms with van der Waals surface area (Å²) in [4.78, 5) is 0.280. The molecule has 1 N–H and O–H groups in total. The molecule has 120 valence electrons. The lowest BCUT2D eigenvalue weighted by Crippen LogP contribution is -2.31. The maximum Gasteiger partial charge on any atom is 0.240 e. The fraction of sp³-hybridized carbons (Fsp3) is 0.188. The monoisotopic (exact) mass is 347 g/mol. The number of sulfonamides is 1. The molecule has 1 atom stereocenters. The second-order valence-corrected chi connectivity index (χ2v) is 7.77. The predicted molar refractivity (Wildman–Crippen MR) is 91.1 cm³/mol. The van der Waals surface area contributed by atoms with Crippen LogP contribution in [0, 0.1) is 6.92 Å². The Balaban J connectivity index is 1.82. The summed E-state index contributed by atoms with van der Waals surface area (Å²) in [6.07, 6.45) is 3.53. The molecule has 2 aromatic heterocycles. The fourth-order valence-corrected chi connectivity index (χ4v) is 4.20. The quantitative estimate of drug-likeness (QED) is 0.746. The van der Waals surface area contributed by atoms with Crippen LogP contribution in [0.4, 0.5) is 0 Å². The van der Waals surface area contributed by atoms with Gasteiger partial charge in [0.15, 0.2) is 0 Å². The summed E-state index contributed by atoms with van der Waals surface area (Å²) in [7, 11) is -3.55. The van der Waals surface area contributed by atoms with Gasteiger partial charge in [0.1, 0.15) is 0 Å². The van der Waals surface area contributed by atoms with Crippen LogP contribution in [-0.2, 0) is 10.0 Å². The number of nitrogens with one attached hydrogen (secondary N) is 1. The normalized spacial score (nSPS) is 13.1. The molecule has 0 saturated carbocycles. The number of hydrogen-bond acceptors (Lipinski definition) is 4. The standard InChI is InChI=1S/C16H17N3O2S2/c1-13-4-2-5-15(10-13)23(20,21)18-11-16(14-6-9-22-12-14)19-8-3-7-17-19/h2-10,12,16,18H,11H2,1H3. The van der Waals surface area contributed by atoms with Crippen molar-refractivity contribution in [2.45, 2.75) is 17.9 Å². The van der Waals surface area contributed by atoms with Crippen LogP contribution in [0.3, 0.4) is 0 Å². The van der Waals surface area contributed by atoms with E-state index >= 15 is 0 Å². The maximum atomic E-state index is 12.5. The van der Waals surface area contributed by atoms with Crippen LogP contribution in [0.15, 0.2) is 64.4 Å². The van der Waals surface area contributed by atoms with E-state index in [-0.39, 0.29) is 17.5 Å². The summed E-state index contributed by atoms with van der Waals surface area (Å²) < 4.78 is 29.4. The van der Waals surface area contributed by atoms with E-state index in [1.54, 1.807) is 40.4 Å². The molecule has 2 heterocycles. The SMILES string of the molecule is Cc1cccc(S(=O)(=O)NCC(c2ccsc2)n2cccn2)c1. The molecule has 1 unspecified atom stereocenters. The van der Waals surface area contributed by atoms with Crippen LogP contribution < -0.4 is 4.72 Å². The highest BCUT2D eigenvalue weighted by Gasteiger charge is 2.20. The summed E-state index contributed by atoms with van der Waals surface area (Å²) in [6, 6.07) is 10.5. The predicted octanol–water partition coefficient (Wildman–Crippen LogP) is 2.82. The van der Waals surface area contributed by atoms with Gasteiger partial charge in [0, 0.05) is 18.9 Å². The highest BCUT2D eigenvalue weighted by atomic mass is 32.2. The van der Waals surface area contributed by atoms with Crippen molar-refractivity contribution < 1.29 is 8.42 Å². The zero-order valence-corrected chi connectivity index (χ0v) is 14.2. The van der Waals surface area contributed by atoms with E-state index in [1.807, 2.05) is 42.1 Å². The number of nitrogens with zero attached hydrogens (tertiary/aromatic N) is 2. The average Bonchev–Trinajstić information content (AvgIpc) is 3.21. The Morgan fingerprint density at radius 2 is 2.17 bits per heavy atom. The molecule has 0 bridgehead atoms. The van der Waals surface area contributed by atoms with Gasteiger partial charge in [-0.15, -0.1) is 0 Å². The van der Waals surface area contributed by atoms with E-state index in [2.05, 4.69) is 9.82 Å². The van der Waals surface area contributed by atoms with Crippen molar-refractivity contribution in [1.29, 1.82) is 0 Å². The molecule has 3 rings (SSSR count). The summed E-state index contributed by atoms with van der Waals surface area (Å²) in [6.45, 7) is 2.12. The van der Waals surface area contributed by atoms with Gasteiger partial charge in [-0.25, -0.2) is 13.1 Å². The molecular weight excluding hydrogens is 330 g/mol. The third-order valence-corrected chi connectivity index (χ3v) is 5.66. The highest BCUT2D eigenvalue weighted by Crippen LogP contribution is 2.20. The zero-order valence-electron chi connectivity index (χ0n) is 12.6. The third-order valence-electron chi connectivity index (χ3n) is 3.54. The minimum Gasteiger partial charge on any atom is -0.264 e. The summed E-state index contributed by atoms with van der Waals surface area (Å²) in [5.74, 6) is 0. The van der Waals surface area contributed by atoms with Crippen LogP contribution in [0.1, 0.15) is 17.2 Å². The fourth-order valence-electron chi connectivity index (χ4n) is 2.35. The van der Waals surface area contributed by atoms with Gasteiger partial charge in [-0.2, -0.15) is 16.4 Å². The van der Waals surface area contributed by atoms with Crippen molar-refractivity contribution in [1.82, 2.24) is 14.5 Å². The van der Waals surface area contributed by atoms with E-state index in [9.17, 15) is 8.42 Å². The lowest BCUT2D eigenvalue weighted by Gasteiger charge is -2.17. The molecule has 5 nitrogen and oxygen atoms in total. The molecule has 0 fully saturated rings. The Morgan fingerprint density at radius 1 is 1.30 bits per heavy atom. The first-order valence-electron chi connectivity index (χ1n) is 7.14. The Kier molecular flexibility index (Phi) is 4.61.